The van der Waals surface area contributed by atoms with E-state index in [0.717, 1.165) is 0 Å². The van der Waals surface area contributed by atoms with Gasteiger partial charge in [-0.2, -0.15) is 4.98 Å². The third-order valence-corrected chi connectivity index (χ3v) is 7.73. The van der Waals surface area contributed by atoms with Gasteiger partial charge in [-0.3, -0.25) is 14.9 Å². The van der Waals surface area contributed by atoms with Gasteiger partial charge in [0.1, 0.15) is 11.5 Å². The van der Waals surface area contributed by atoms with Crippen molar-refractivity contribution < 1.29 is 32.7 Å². The maximum atomic E-state index is 12.8. The number of phenolic OH excluding ortho intramolecular Hbond substituents is 1. The Labute approximate surface area is 213 Å². The zero-order chi connectivity index (χ0) is 26.6. The van der Waals surface area contributed by atoms with E-state index in [1.54, 1.807) is 11.8 Å². The summed E-state index contributed by atoms with van der Waals surface area (Å²) in [6.45, 7) is 2.83. The minimum absolute atomic E-state index is 0.0346. The van der Waals surface area contributed by atoms with Crippen LogP contribution in [0, 0.1) is 16.0 Å². The van der Waals surface area contributed by atoms with Gasteiger partial charge in [0.05, 0.1) is 27.2 Å². The van der Waals surface area contributed by atoms with Crippen LogP contribution in [0.1, 0.15) is 19.8 Å². The number of aromatic nitrogens is 1. The molecule has 1 saturated heterocycles. The minimum Gasteiger partial charge on any atom is -0.508 e. The Morgan fingerprint density at radius 3 is 2.22 bits per heavy atom. The SMILES string of the molecule is CCOC(=O)C1CCN(c2nc(Oc3ccc(S(=O)(=O)c4ccc(O)cc4)cc3)ccc2[N+](=O)[O-])CC1. The van der Waals surface area contributed by atoms with E-state index in [1.807, 2.05) is 0 Å². The number of rotatable bonds is 8. The Morgan fingerprint density at radius 1 is 1.05 bits per heavy atom. The quantitative estimate of drug-likeness (QED) is 0.258. The Balaban J connectivity index is 1.51. The van der Waals surface area contributed by atoms with Crippen molar-refractivity contribution in [3.05, 3.63) is 70.8 Å². The number of pyridine rings is 1. The summed E-state index contributed by atoms with van der Waals surface area (Å²) in [7, 11) is -3.79. The first-order valence-electron chi connectivity index (χ1n) is 11.6. The molecule has 2 aromatic carbocycles. The van der Waals surface area contributed by atoms with E-state index in [9.17, 15) is 28.4 Å². The van der Waals surface area contributed by atoms with E-state index >= 15 is 0 Å². The number of phenols is 1. The molecule has 1 aliphatic rings. The number of esters is 1. The van der Waals surface area contributed by atoms with E-state index in [1.165, 1.54) is 60.7 Å². The maximum absolute atomic E-state index is 12.8. The van der Waals surface area contributed by atoms with Crippen molar-refractivity contribution in [1.82, 2.24) is 4.98 Å². The molecule has 1 fully saturated rings. The second kappa shape index (κ2) is 10.8. The first-order valence-corrected chi connectivity index (χ1v) is 13.1. The van der Waals surface area contributed by atoms with Gasteiger partial charge in [-0.15, -0.1) is 0 Å². The van der Waals surface area contributed by atoms with Crippen molar-refractivity contribution >= 4 is 27.3 Å². The fourth-order valence-corrected chi connectivity index (χ4v) is 5.27. The van der Waals surface area contributed by atoms with Gasteiger partial charge in [0, 0.05) is 25.2 Å². The fourth-order valence-electron chi connectivity index (χ4n) is 4.01. The number of hydrogen-bond acceptors (Lipinski definition) is 10. The zero-order valence-corrected chi connectivity index (χ0v) is 20.8. The average Bonchev–Trinajstić information content (AvgIpc) is 2.89. The number of hydrogen-bond donors (Lipinski definition) is 1. The predicted octanol–water partition coefficient (Wildman–Crippen LogP) is 4.10. The van der Waals surface area contributed by atoms with Gasteiger partial charge in [0.25, 0.3) is 0 Å². The van der Waals surface area contributed by atoms with E-state index in [2.05, 4.69) is 4.98 Å². The van der Waals surface area contributed by atoms with E-state index in [0.29, 0.717) is 32.5 Å². The molecule has 0 unspecified atom stereocenters. The molecular weight excluding hydrogens is 502 g/mol. The molecule has 2 heterocycles. The van der Waals surface area contributed by atoms with Crippen molar-refractivity contribution in [3.63, 3.8) is 0 Å². The van der Waals surface area contributed by atoms with Gasteiger partial charge in [-0.05, 0) is 68.3 Å². The Kier molecular flexibility index (Phi) is 7.58. The third-order valence-electron chi connectivity index (χ3n) is 5.94. The number of sulfone groups is 1. The van der Waals surface area contributed by atoms with Crippen molar-refractivity contribution in [1.29, 1.82) is 0 Å². The number of aromatic hydroxyl groups is 1. The topological polar surface area (TPSA) is 149 Å². The summed E-state index contributed by atoms with van der Waals surface area (Å²) >= 11 is 0. The molecule has 0 saturated carbocycles. The fraction of sp³-hybridized carbons (Fsp3) is 0.280. The molecular formula is C25H25N3O8S. The van der Waals surface area contributed by atoms with Gasteiger partial charge >= 0.3 is 11.7 Å². The highest BCUT2D eigenvalue weighted by molar-refractivity contribution is 7.91. The van der Waals surface area contributed by atoms with E-state index in [-0.39, 0.29) is 50.6 Å². The number of carbonyl (C=O) groups is 1. The summed E-state index contributed by atoms with van der Waals surface area (Å²) in [6.07, 6.45) is 0.972. The number of benzene rings is 2. The minimum atomic E-state index is -3.79. The van der Waals surface area contributed by atoms with Crippen LogP contribution in [0.15, 0.2) is 70.5 Å². The summed E-state index contributed by atoms with van der Waals surface area (Å²) in [4.78, 5) is 29.3. The van der Waals surface area contributed by atoms with Crippen LogP contribution in [-0.2, 0) is 19.4 Å². The highest BCUT2D eigenvalue weighted by atomic mass is 32.2. The van der Waals surface area contributed by atoms with Crippen LogP contribution in [0.25, 0.3) is 0 Å². The van der Waals surface area contributed by atoms with Crippen molar-refractivity contribution in [2.75, 3.05) is 24.6 Å². The summed E-state index contributed by atoms with van der Waals surface area (Å²) < 4.78 is 36.5. The van der Waals surface area contributed by atoms with Gasteiger partial charge in [-0.1, -0.05) is 0 Å². The second-order valence-corrected chi connectivity index (χ2v) is 10.3. The molecule has 4 rings (SSSR count). The Morgan fingerprint density at radius 2 is 1.65 bits per heavy atom. The first kappa shape index (κ1) is 25.9. The van der Waals surface area contributed by atoms with Gasteiger partial charge in [-0.25, -0.2) is 8.42 Å². The van der Waals surface area contributed by atoms with Crippen molar-refractivity contribution in [3.8, 4) is 17.4 Å². The first-order chi connectivity index (χ1) is 17.7. The molecule has 11 nitrogen and oxygen atoms in total. The van der Waals surface area contributed by atoms with Gasteiger partial charge in [0.2, 0.25) is 21.5 Å². The van der Waals surface area contributed by atoms with Gasteiger partial charge < -0.3 is 19.5 Å². The maximum Gasteiger partial charge on any atom is 0.311 e. The molecule has 1 aliphatic heterocycles. The van der Waals surface area contributed by atoms with Crippen LogP contribution in [0.3, 0.4) is 0 Å². The summed E-state index contributed by atoms with van der Waals surface area (Å²) in [5.74, 6) is -0.0405. The summed E-state index contributed by atoms with van der Waals surface area (Å²) in [6, 6.07) is 13.6. The van der Waals surface area contributed by atoms with E-state index < -0.39 is 14.8 Å². The number of ether oxygens (including phenoxy) is 2. The number of anilines is 1. The molecule has 37 heavy (non-hydrogen) atoms. The van der Waals surface area contributed by atoms with Crippen LogP contribution in [0.2, 0.25) is 0 Å². The van der Waals surface area contributed by atoms with Crippen LogP contribution in [0.4, 0.5) is 11.5 Å². The molecule has 0 aliphatic carbocycles. The third kappa shape index (κ3) is 5.80. The monoisotopic (exact) mass is 527 g/mol. The molecule has 0 bridgehead atoms. The lowest BCUT2D eigenvalue weighted by Crippen LogP contribution is -2.37. The number of nitrogens with zero attached hydrogens (tertiary/aromatic N) is 3. The van der Waals surface area contributed by atoms with Gasteiger partial charge in [0.15, 0.2) is 0 Å². The molecule has 12 heteroatoms. The van der Waals surface area contributed by atoms with Crippen LogP contribution in [0.5, 0.6) is 17.4 Å². The highest BCUT2D eigenvalue weighted by Gasteiger charge is 2.30. The highest BCUT2D eigenvalue weighted by Crippen LogP contribution is 2.34. The molecule has 1 N–H and O–H groups in total. The molecule has 194 valence electrons. The van der Waals surface area contributed by atoms with Crippen LogP contribution in [-0.4, -0.2) is 49.1 Å². The summed E-state index contributed by atoms with van der Waals surface area (Å²) in [5, 5.41) is 21.0. The largest absolute Gasteiger partial charge is 0.508 e. The average molecular weight is 528 g/mol. The smallest absolute Gasteiger partial charge is 0.311 e. The lowest BCUT2D eigenvalue weighted by atomic mass is 9.97. The predicted molar refractivity (Wildman–Crippen MR) is 133 cm³/mol. The van der Waals surface area contributed by atoms with Crippen LogP contribution >= 0.6 is 0 Å². The Hall–Kier alpha value is -4.19. The molecule has 0 radical (unpaired) electrons. The molecule has 1 aromatic heterocycles. The zero-order valence-electron chi connectivity index (χ0n) is 19.9. The molecule has 0 atom stereocenters. The molecule has 0 amide bonds. The standard InChI is InChI=1S/C25H25N3O8S/c1-2-35-25(30)17-13-15-27(16-14-17)24-22(28(31)32)11-12-23(26-24)36-19-5-9-21(10-6-19)37(33,34)20-7-3-18(29)4-8-20/h3-12,17,29H,2,13-16H2,1H3. The number of nitro groups is 1. The lowest BCUT2D eigenvalue weighted by molar-refractivity contribution is -0.384. The lowest BCUT2D eigenvalue weighted by Gasteiger charge is -2.31. The van der Waals surface area contributed by atoms with Crippen molar-refractivity contribution in [2.24, 2.45) is 5.92 Å². The molecule has 0 spiro atoms. The Bertz CT molecular complexity index is 1380. The van der Waals surface area contributed by atoms with Crippen LogP contribution < -0.4 is 9.64 Å². The number of piperidine rings is 1. The second-order valence-electron chi connectivity index (χ2n) is 8.33. The molecule has 3 aromatic rings. The number of carbonyl (C=O) groups excluding carboxylic acids is 1. The van der Waals surface area contributed by atoms with Crippen molar-refractivity contribution in [2.45, 2.75) is 29.6 Å². The van der Waals surface area contributed by atoms with E-state index in [4.69, 9.17) is 9.47 Å². The summed E-state index contributed by atoms with van der Waals surface area (Å²) in [5.41, 5.74) is -0.183. The normalized spacial score (nSPS) is 14.2.